The Bertz CT molecular complexity index is 1890. The zero-order valence-electron chi connectivity index (χ0n) is 17.9. The molecule has 0 spiro atoms. The van der Waals surface area contributed by atoms with Crippen molar-refractivity contribution in [3.05, 3.63) is 102 Å². The van der Waals surface area contributed by atoms with Crippen LogP contribution in [0.5, 0.6) is 0 Å². The highest BCUT2D eigenvalue weighted by Crippen LogP contribution is 2.38. The number of fused-ring (bicyclic) bond motifs is 5. The maximum Gasteiger partial charge on any atom is 0.226 e. The van der Waals surface area contributed by atoms with Crippen LogP contribution < -0.4 is 0 Å². The van der Waals surface area contributed by atoms with Crippen LogP contribution in [-0.2, 0) is 0 Å². The van der Waals surface area contributed by atoms with E-state index in [0.717, 1.165) is 21.9 Å². The SMILES string of the molecule is Clc1nc(-c2ccc3sc4cc5ccccc5cc4c3c2)nc(-c2cccc3ccccc23)n1. The summed E-state index contributed by atoms with van der Waals surface area (Å²) in [6.45, 7) is 0. The number of thiophene rings is 1. The van der Waals surface area contributed by atoms with E-state index in [0.29, 0.717) is 11.6 Å². The average Bonchev–Trinajstić information content (AvgIpc) is 3.23. The lowest BCUT2D eigenvalue weighted by molar-refractivity contribution is 1.07. The van der Waals surface area contributed by atoms with Gasteiger partial charge in [0.1, 0.15) is 0 Å². The molecule has 7 rings (SSSR count). The van der Waals surface area contributed by atoms with Crippen molar-refractivity contribution in [2.24, 2.45) is 0 Å². The summed E-state index contributed by atoms with van der Waals surface area (Å²) in [6.07, 6.45) is 0. The molecule has 2 aromatic heterocycles. The summed E-state index contributed by atoms with van der Waals surface area (Å²) in [5, 5.41) is 7.35. The van der Waals surface area contributed by atoms with Crippen LogP contribution in [0.3, 0.4) is 0 Å². The summed E-state index contributed by atoms with van der Waals surface area (Å²) >= 11 is 8.20. The molecule has 3 nitrogen and oxygen atoms in total. The van der Waals surface area contributed by atoms with E-state index in [-0.39, 0.29) is 5.28 Å². The fraction of sp³-hybridized carbons (Fsp3) is 0. The summed E-state index contributed by atoms with van der Waals surface area (Å²) in [5.74, 6) is 1.15. The quantitative estimate of drug-likeness (QED) is 0.252. The maximum atomic E-state index is 6.40. The van der Waals surface area contributed by atoms with E-state index in [1.165, 1.54) is 30.9 Å². The Labute approximate surface area is 204 Å². The van der Waals surface area contributed by atoms with Crippen LogP contribution in [0.2, 0.25) is 5.28 Å². The summed E-state index contributed by atoms with van der Waals surface area (Å²) < 4.78 is 2.51. The average molecular weight is 474 g/mol. The highest BCUT2D eigenvalue weighted by molar-refractivity contribution is 7.25. The van der Waals surface area contributed by atoms with Gasteiger partial charge in [-0.2, -0.15) is 9.97 Å². The van der Waals surface area contributed by atoms with Gasteiger partial charge in [0, 0.05) is 31.3 Å². The molecule has 0 saturated carbocycles. The van der Waals surface area contributed by atoms with Crippen molar-refractivity contribution in [3.8, 4) is 22.8 Å². The van der Waals surface area contributed by atoms with Gasteiger partial charge in [0.25, 0.3) is 0 Å². The third-order valence-electron chi connectivity index (χ3n) is 6.23. The van der Waals surface area contributed by atoms with Crippen LogP contribution in [0.25, 0.3) is 64.5 Å². The predicted octanol–water partition coefficient (Wildman–Crippen LogP) is 8.53. The monoisotopic (exact) mass is 473 g/mol. The predicted molar refractivity (Wildman–Crippen MR) is 144 cm³/mol. The molecule has 0 aliphatic rings. The van der Waals surface area contributed by atoms with Crippen LogP contribution in [0.4, 0.5) is 0 Å². The molecule has 5 heteroatoms. The van der Waals surface area contributed by atoms with Gasteiger partial charge in [-0.1, -0.05) is 66.7 Å². The Morgan fingerprint density at radius 1 is 0.529 bits per heavy atom. The van der Waals surface area contributed by atoms with E-state index in [1.54, 1.807) is 11.3 Å². The first kappa shape index (κ1) is 19.6. The largest absolute Gasteiger partial charge is 0.226 e. The van der Waals surface area contributed by atoms with Crippen molar-refractivity contribution in [2.45, 2.75) is 0 Å². The Kier molecular flexibility index (Phi) is 4.37. The Hall–Kier alpha value is -3.86. The number of hydrogen-bond acceptors (Lipinski definition) is 4. The molecule has 0 amide bonds. The van der Waals surface area contributed by atoms with E-state index in [9.17, 15) is 0 Å². The van der Waals surface area contributed by atoms with Crippen molar-refractivity contribution in [1.82, 2.24) is 15.0 Å². The minimum atomic E-state index is 0.189. The van der Waals surface area contributed by atoms with E-state index in [2.05, 4.69) is 82.8 Å². The minimum Gasteiger partial charge on any atom is -0.208 e. The number of benzene rings is 5. The highest BCUT2D eigenvalue weighted by atomic mass is 35.5. The van der Waals surface area contributed by atoms with Crippen LogP contribution in [0.15, 0.2) is 97.1 Å². The number of hydrogen-bond donors (Lipinski definition) is 0. The van der Waals surface area contributed by atoms with Gasteiger partial charge in [0.2, 0.25) is 5.28 Å². The van der Waals surface area contributed by atoms with Crippen molar-refractivity contribution in [2.75, 3.05) is 0 Å². The van der Waals surface area contributed by atoms with Gasteiger partial charge in [-0.25, -0.2) is 4.98 Å². The lowest BCUT2D eigenvalue weighted by Crippen LogP contribution is -1.97. The van der Waals surface area contributed by atoms with E-state index in [4.69, 9.17) is 16.6 Å². The van der Waals surface area contributed by atoms with Gasteiger partial charge in [-0.3, -0.25) is 0 Å². The second-order valence-electron chi connectivity index (χ2n) is 8.29. The second-order valence-corrected chi connectivity index (χ2v) is 9.71. The van der Waals surface area contributed by atoms with E-state index >= 15 is 0 Å². The topological polar surface area (TPSA) is 38.7 Å². The molecule has 0 aliphatic carbocycles. The number of nitrogens with zero attached hydrogens (tertiary/aromatic N) is 3. The van der Waals surface area contributed by atoms with Crippen molar-refractivity contribution in [3.63, 3.8) is 0 Å². The van der Waals surface area contributed by atoms with Crippen LogP contribution >= 0.6 is 22.9 Å². The molecule has 0 fully saturated rings. The maximum absolute atomic E-state index is 6.40. The van der Waals surface area contributed by atoms with Crippen LogP contribution in [0, 0.1) is 0 Å². The zero-order valence-corrected chi connectivity index (χ0v) is 19.4. The first-order valence-electron chi connectivity index (χ1n) is 11.0. The van der Waals surface area contributed by atoms with Crippen LogP contribution in [0.1, 0.15) is 0 Å². The molecule has 0 aliphatic heterocycles. The molecule has 0 saturated heterocycles. The zero-order chi connectivity index (χ0) is 22.6. The standard InChI is InChI=1S/C29H16ClN3S/c30-29-32-27(31-28(33-29)22-11-5-9-17-6-3-4-10-21(17)22)20-12-13-25-23(15-20)24-14-18-7-1-2-8-19(18)16-26(24)34-25/h1-16H. The van der Waals surface area contributed by atoms with Gasteiger partial charge in [0.15, 0.2) is 11.6 Å². The molecule has 5 aromatic carbocycles. The Morgan fingerprint density at radius 2 is 1.24 bits per heavy atom. The second kappa shape index (κ2) is 7.59. The minimum absolute atomic E-state index is 0.189. The lowest BCUT2D eigenvalue weighted by atomic mass is 10.0. The summed E-state index contributed by atoms with van der Waals surface area (Å²) in [4.78, 5) is 13.8. The molecular formula is C29H16ClN3S. The summed E-state index contributed by atoms with van der Waals surface area (Å²) in [7, 11) is 0. The summed E-state index contributed by atoms with van der Waals surface area (Å²) in [5.41, 5.74) is 1.86. The van der Waals surface area contributed by atoms with E-state index in [1.807, 2.05) is 24.3 Å². The fourth-order valence-corrected chi connectivity index (χ4v) is 5.90. The molecule has 160 valence electrons. The molecule has 0 atom stereocenters. The third-order valence-corrected chi connectivity index (χ3v) is 7.54. The molecule has 0 N–H and O–H groups in total. The first-order chi connectivity index (χ1) is 16.7. The first-order valence-corrected chi connectivity index (χ1v) is 12.2. The third kappa shape index (κ3) is 3.15. The Balaban J connectivity index is 1.42. The molecule has 34 heavy (non-hydrogen) atoms. The number of aromatic nitrogens is 3. The fourth-order valence-electron chi connectivity index (χ4n) is 4.62. The summed E-state index contributed by atoms with van der Waals surface area (Å²) in [6, 6.07) is 33.7. The van der Waals surface area contributed by atoms with Crippen molar-refractivity contribution >= 4 is 64.7 Å². The molecular weight excluding hydrogens is 458 g/mol. The molecule has 7 aromatic rings. The smallest absolute Gasteiger partial charge is 0.208 e. The Morgan fingerprint density at radius 3 is 2.12 bits per heavy atom. The van der Waals surface area contributed by atoms with Gasteiger partial charge < -0.3 is 0 Å². The van der Waals surface area contributed by atoms with Gasteiger partial charge in [0.05, 0.1) is 0 Å². The molecule has 0 unspecified atom stereocenters. The van der Waals surface area contributed by atoms with Crippen molar-refractivity contribution < 1.29 is 0 Å². The lowest BCUT2D eigenvalue weighted by Gasteiger charge is -2.08. The van der Waals surface area contributed by atoms with Gasteiger partial charge in [-0.15, -0.1) is 11.3 Å². The van der Waals surface area contributed by atoms with Crippen molar-refractivity contribution in [1.29, 1.82) is 0 Å². The molecule has 0 radical (unpaired) electrons. The number of halogens is 1. The highest BCUT2D eigenvalue weighted by Gasteiger charge is 2.14. The normalized spacial score (nSPS) is 11.7. The van der Waals surface area contributed by atoms with Gasteiger partial charge in [-0.05, 0) is 63.5 Å². The van der Waals surface area contributed by atoms with E-state index < -0.39 is 0 Å². The molecule has 2 heterocycles. The number of rotatable bonds is 2. The molecule has 0 bridgehead atoms. The van der Waals surface area contributed by atoms with Crippen LogP contribution in [-0.4, -0.2) is 15.0 Å². The van der Waals surface area contributed by atoms with Gasteiger partial charge >= 0.3 is 0 Å².